The fourth-order valence-corrected chi connectivity index (χ4v) is 3.90. The summed E-state index contributed by atoms with van der Waals surface area (Å²) in [5, 5.41) is 13.5. The Morgan fingerprint density at radius 2 is 2.24 bits per heavy atom. The average molecular weight is 259 g/mol. The van der Waals surface area contributed by atoms with E-state index in [1.165, 1.54) is 17.9 Å². The molecule has 0 aromatic heterocycles. The van der Waals surface area contributed by atoms with Gasteiger partial charge in [0.15, 0.2) is 0 Å². The van der Waals surface area contributed by atoms with Gasteiger partial charge in [0.2, 0.25) is 0 Å². The Morgan fingerprint density at radius 3 is 2.88 bits per heavy atom. The Labute approximate surface area is 109 Å². The van der Waals surface area contributed by atoms with E-state index in [1.807, 2.05) is 11.8 Å². The molecular formula is C12H25N3OS. The maximum absolute atomic E-state index is 10.1. The Kier molecular flexibility index (Phi) is 5.56. The van der Waals surface area contributed by atoms with Crippen molar-refractivity contribution >= 4 is 11.8 Å². The molecule has 2 rings (SSSR count). The number of hydrogen-bond acceptors (Lipinski definition) is 5. The fraction of sp³-hybridized carbons (Fsp3) is 1.00. The monoisotopic (exact) mass is 259 g/mol. The van der Waals surface area contributed by atoms with E-state index in [4.69, 9.17) is 0 Å². The van der Waals surface area contributed by atoms with Gasteiger partial charge in [0, 0.05) is 51.1 Å². The molecule has 2 unspecified atom stereocenters. The van der Waals surface area contributed by atoms with Crippen molar-refractivity contribution in [3.63, 3.8) is 0 Å². The molecule has 2 fully saturated rings. The van der Waals surface area contributed by atoms with Gasteiger partial charge in [0.25, 0.3) is 0 Å². The van der Waals surface area contributed by atoms with Crippen molar-refractivity contribution < 1.29 is 5.11 Å². The molecule has 17 heavy (non-hydrogen) atoms. The second-order valence-electron chi connectivity index (χ2n) is 5.16. The van der Waals surface area contributed by atoms with Gasteiger partial charge in [-0.2, -0.15) is 11.8 Å². The van der Waals surface area contributed by atoms with E-state index in [0.29, 0.717) is 6.04 Å². The molecule has 0 aliphatic carbocycles. The largest absolute Gasteiger partial charge is 0.390 e. The van der Waals surface area contributed by atoms with Crippen LogP contribution in [0.1, 0.15) is 6.42 Å². The van der Waals surface area contributed by atoms with Gasteiger partial charge in [0.05, 0.1) is 6.10 Å². The third kappa shape index (κ3) is 4.41. The van der Waals surface area contributed by atoms with Gasteiger partial charge in [-0.25, -0.2) is 0 Å². The summed E-state index contributed by atoms with van der Waals surface area (Å²) in [6.07, 6.45) is 1.07. The van der Waals surface area contributed by atoms with Gasteiger partial charge in [-0.1, -0.05) is 0 Å². The maximum atomic E-state index is 10.1. The van der Waals surface area contributed by atoms with Crippen LogP contribution in [0, 0.1) is 0 Å². The zero-order chi connectivity index (χ0) is 12.1. The van der Waals surface area contributed by atoms with Crippen LogP contribution in [0.3, 0.4) is 0 Å². The molecule has 0 aromatic carbocycles. The van der Waals surface area contributed by atoms with Crippen LogP contribution >= 0.6 is 11.8 Å². The SMILES string of the molecule is CN(CC(O)CN1CCNCC1)C1CCSC1. The number of aliphatic hydroxyl groups excluding tert-OH is 1. The lowest BCUT2D eigenvalue weighted by Crippen LogP contribution is -2.48. The number of β-amino-alcohol motifs (C(OH)–C–C–N with tert-alkyl or cyclic N) is 1. The van der Waals surface area contributed by atoms with Crippen LogP contribution in [0.2, 0.25) is 0 Å². The Balaban J connectivity index is 1.66. The Bertz CT molecular complexity index is 218. The zero-order valence-corrected chi connectivity index (χ0v) is 11.6. The second-order valence-corrected chi connectivity index (χ2v) is 6.31. The van der Waals surface area contributed by atoms with Crippen LogP contribution in [-0.4, -0.2) is 84.9 Å². The molecule has 0 saturated carbocycles. The van der Waals surface area contributed by atoms with Crippen LogP contribution in [0.25, 0.3) is 0 Å². The first-order valence-corrected chi connectivity index (χ1v) is 7.80. The van der Waals surface area contributed by atoms with Crippen molar-refractivity contribution in [2.45, 2.75) is 18.6 Å². The van der Waals surface area contributed by atoms with Gasteiger partial charge < -0.3 is 10.4 Å². The van der Waals surface area contributed by atoms with Crippen molar-refractivity contribution in [1.29, 1.82) is 0 Å². The molecule has 2 aliphatic rings. The summed E-state index contributed by atoms with van der Waals surface area (Å²) in [7, 11) is 2.15. The van der Waals surface area contributed by atoms with E-state index < -0.39 is 0 Å². The van der Waals surface area contributed by atoms with Gasteiger partial charge >= 0.3 is 0 Å². The zero-order valence-electron chi connectivity index (χ0n) is 10.8. The Morgan fingerprint density at radius 1 is 1.47 bits per heavy atom. The number of rotatable bonds is 5. The molecule has 0 amide bonds. The molecule has 2 N–H and O–H groups in total. The summed E-state index contributed by atoms with van der Waals surface area (Å²) in [5.41, 5.74) is 0. The number of aliphatic hydroxyl groups is 1. The van der Waals surface area contributed by atoms with E-state index in [0.717, 1.165) is 39.3 Å². The molecule has 5 heteroatoms. The van der Waals surface area contributed by atoms with E-state index >= 15 is 0 Å². The molecule has 0 spiro atoms. The van der Waals surface area contributed by atoms with Crippen molar-refractivity contribution in [3.05, 3.63) is 0 Å². The summed E-state index contributed by atoms with van der Waals surface area (Å²) in [6, 6.07) is 0.678. The number of nitrogens with zero attached hydrogens (tertiary/aromatic N) is 2. The molecule has 2 saturated heterocycles. The third-order valence-electron chi connectivity index (χ3n) is 3.71. The first-order chi connectivity index (χ1) is 8.25. The van der Waals surface area contributed by atoms with E-state index in [-0.39, 0.29) is 6.10 Å². The third-order valence-corrected chi connectivity index (χ3v) is 4.85. The summed E-state index contributed by atoms with van der Waals surface area (Å²) in [6.45, 7) is 5.89. The highest BCUT2D eigenvalue weighted by atomic mass is 32.2. The van der Waals surface area contributed by atoms with Crippen LogP contribution in [0.5, 0.6) is 0 Å². The normalized spacial score (nSPS) is 28.8. The first kappa shape index (κ1) is 13.6. The van der Waals surface area contributed by atoms with E-state index in [1.54, 1.807) is 0 Å². The minimum absolute atomic E-state index is 0.205. The molecule has 0 radical (unpaired) electrons. The van der Waals surface area contributed by atoms with Gasteiger partial charge in [0.1, 0.15) is 0 Å². The van der Waals surface area contributed by atoms with Crippen LogP contribution in [0.4, 0.5) is 0 Å². The number of hydrogen-bond donors (Lipinski definition) is 2. The molecule has 4 nitrogen and oxygen atoms in total. The van der Waals surface area contributed by atoms with Crippen LogP contribution in [0.15, 0.2) is 0 Å². The van der Waals surface area contributed by atoms with Crippen molar-refractivity contribution in [1.82, 2.24) is 15.1 Å². The number of nitrogens with one attached hydrogen (secondary N) is 1. The van der Waals surface area contributed by atoms with Gasteiger partial charge in [-0.05, 0) is 19.2 Å². The molecule has 0 bridgehead atoms. The van der Waals surface area contributed by atoms with Crippen LogP contribution in [-0.2, 0) is 0 Å². The topological polar surface area (TPSA) is 38.7 Å². The fourth-order valence-electron chi connectivity index (χ4n) is 2.60. The molecule has 2 aliphatic heterocycles. The second kappa shape index (κ2) is 6.95. The van der Waals surface area contributed by atoms with Crippen molar-refractivity contribution in [2.75, 3.05) is 57.8 Å². The first-order valence-electron chi connectivity index (χ1n) is 6.65. The molecule has 100 valence electrons. The standard InChI is InChI=1S/C12H25N3OS/c1-14(11-2-7-17-10-11)8-12(16)9-15-5-3-13-4-6-15/h11-13,16H,2-10H2,1H3. The number of piperazine rings is 1. The van der Waals surface area contributed by atoms with Gasteiger partial charge in [-0.15, -0.1) is 0 Å². The minimum atomic E-state index is -0.205. The average Bonchev–Trinajstić information content (AvgIpc) is 2.83. The molecule has 2 atom stereocenters. The lowest BCUT2D eigenvalue weighted by atomic mass is 10.2. The van der Waals surface area contributed by atoms with E-state index in [9.17, 15) is 5.11 Å². The summed E-state index contributed by atoms with van der Waals surface area (Å²) >= 11 is 2.03. The summed E-state index contributed by atoms with van der Waals surface area (Å²) < 4.78 is 0. The van der Waals surface area contributed by atoms with Gasteiger partial charge in [-0.3, -0.25) is 9.80 Å². The summed E-state index contributed by atoms with van der Waals surface area (Å²) in [4.78, 5) is 4.70. The lowest BCUT2D eigenvalue weighted by Gasteiger charge is -2.31. The van der Waals surface area contributed by atoms with Crippen LogP contribution < -0.4 is 5.32 Å². The van der Waals surface area contributed by atoms with E-state index in [2.05, 4.69) is 22.2 Å². The molecular weight excluding hydrogens is 234 g/mol. The minimum Gasteiger partial charge on any atom is -0.390 e. The number of likely N-dealkylation sites (N-methyl/N-ethyl adjacent to an activating group) is 1. The molecule has 0 aromatic rings. The highest BCUT2D eigenvalue weighted by Gasteiger charge is 2.22. The predicted molar refractivity (Wildman–Crippen MR) is 73.7 cm³/mol. The number of thioether (sulfide) groups is 1. The quantitative estimate of drug-likeness (QED) is 0.709. The predicted octanol–water partition coefficient (Wildman–Crippen LogP) is -0.310. The smallest absolute Gasteiger partial charge is 0.0793 e. The van der Waals surface area contributed by atoms with Crippen molar-refractivity contribution in [2.24, 2.45) is 0 Å². The summed E-state index contributed by atoms with van der Waals surface area (Å²) in [5.74, 6) is 2.51. The highest BCUT2D eigenvalue weighted by Crippen LogP contribution is 2.21. The highest BCUT2D eigenvalue weighted by molar-refractivity contribution is 7.99. The lowest BCUT2D eigenvalue weighted by molar-refractivity contribution is 0.0677. The maximum Gasteiger partial charge on any atom is 0.0793 e. The Hall–Kier alpha value is 0.190. The van der Waals surface area contributed by atoms with Crippen molar-refractivity contribution in [3.8, 4) is 0 Å². The molecule has 2 heterocycles.